The quantitative estimate of drug-likeness (QED) is 0.601. The number of carboxylic acids is 1. The third-order valence-corrected chi connectivity index (χ3v) is 3.23. The molecule has 0 fully saturated rings. The lowest BCUT2D eigenvalue weighted by Crippen LogP contribution is -2.05. The summed E-state index contributed by atoms with van der Waals surface area (Å²) in [5.41, 5.74) is 1.58. The predicted molar refractivity (Wildman–Crippen MR) is 95.3 cm³/mol. The van der Waals surface area contributed by atoms with Gasteiger partial charge in [-0.15, -0.1) is 0 Å². The van der Waals surface area contributed by atoms with Crippen LogP contribution in [-0.2, 0) is 4.79 Å². The van der Waals surface area contributed by atoms with Crippen molar-refractivity contribution in [1.29, 1.82) is 0 Å². The fourth-order valence-corrected chi connectivity index (χ4v) is 2.31. The first-order chi connectivity index (χ1) is 11.5. The van der Waals surface area contributed by atoms with Gasteiger partial charge < -0.3 is 14.6 Å². The molecule has 0 saturated carbocycles. The fraction of sp³-hybridized carbons (Fsp3) is 0.250. The maximum atomic E-state index is 11.7. The number of aliphatic carboxylic acids is 1. The molecule has 0 aromatic heterocycles. The first-order valence-electron chi connectivity index (χ1n) is 7.94. The van der Waals surface area contributed by atoms with Crippen molar-refractivity contribution < 1.29 is 19.4 Å². The van der Waals surface area contributed by atoms with Crippen LogP contribution in [0.2, 0.25) is 0 Å². The molecule has 0 aliphatic heterocycles. The van der Waals surface area contributed by atoms with Crippen LogP contribution < -0.4 is 9.47 Å². The maximum absolute atomic E-state index is 11.7. The molecule has 0 aliphatic carbocycles. The molecule has 1 N–H and O–H groups in total. The van der Waals surface area contributed by atoms with E-state index in [0.29, 0.717) is 23.7 Å². The molecule has 2 rings (SSSR count). The van der Waals surface area contributed by atoms with Gasteiger partial charge in [-0.3, -0.25) is 0 Å². The van der Waals surface area contributed by atoms with Crippen molar-refractivity contribution >= 4 is 17.6 Å². The van der Waals surface area contributed by atoms with Crippen molar-refractivity contribution in [2.75, 3.05) is 6.61 Å². The SMILES string of the molecule is CCOc1cccc(/C(=C/c2cccc(OC(C)C)c2)C(=O)O)c1. The summed E-state index contributed by atoms with van der Waals surface area (Å²) in [6.45, 7) is 6.32. The number of ether oxygens (including phenoxy) is 2. The minimum Gasteiger partial charge on any atom is -0.494 e. The van der Waals surface area contributed by atoms with Crippen LogP contribution >= 0.6 is 0 Å². The van der Waals surface area contributed by atoms with Gasteiger partial charge in [0.25, 0.3) is 0 Å². The number of benzene rings is 2. The van der Waals surface area contributed by atoms with E-state index >= 15 is 0 Å². The Hall–Kier alpha value is -2.75. The second-order valence-electron chi connectivity index (χ2n) is 5.56. The lowest BCUT2D eigenvalue weighted by Gasteiger charge is -2.10. The summed E-state index contributed by atoms with van der Waals surface area (Å²) in [5.74, 6) is 0.379. The number of hydrogen-bond acceptors (Lipinski definition) is 3. The highest BCUT2D eigenvalue weighted by atomic mass is 16.5. The van der Waals surface area contributed by atoms with Gasteiger partial charge in [-0.05, 0) is 62.2 Å². The van der Waals surface area contributed by atoms with E-state index in [-0.39, 0.29) is 11.7 Å². The number of carboxylic acid groups (broad SMARTS) is 1. The van der Waals surface area contributed by atoms with Crippen LogP contribution in [0.1, 0.15) is 31.9 Å². The van der Waals surface area contributed by atoms with E-state index in [1.54, 1.807) is 24.3 Å². The minimum atomic E-state index is -0.987. The molecule has 2 aromatic carbocycles. The summed E-state index contributed by atoms with van der Waals surface area (Å²) < 4.78 is 11.1. The molecular formula is C20H22O4. The Labute approximate surface area is 142 Å². The van der Waals surface area contributed by atoms with Crippen molar-refractivity contribution in [3.8, 4) is 11.5 Å². The van der Waals surface area contributed by atoms with Crippen LogP contribution in [0, 0.1) is 0 Å². The highest BCUT2D eigenvalue weighted by Crippen LogP contribution is 2.24. The van der Waals surface area contributed by atoms with Gasteiger partial charge in [0.05, 0.1) is 18.3 Å². The minimum absolute atomic E-state index is 0.0612. The van der Waals surface area contributed by atoms with Gasteiger partial charge in [-0.2, -0.15) is 0 Å². The molecule has 0 saturated heterocycles. The molecule has 4 nitrogen and oxygen atoms in total. The Balaban J connectivity index is 2.38. The summed E-state index contributed by atoms with van der Waals surface area (Å²) in [6, 6.07) is 14.5. The molecule has 2 aromatic rings. The normalized spacial score (nSPS) is 11.4. The molecule has 0 atom stereocenters. The molecule has 0 aliphatic rings. The molecular weight excluding hydrogens is 304 g/mol. The van der Waals surface area contributed by atoms with E-state index in [1.165, 1.54) is 0 Å². The average Bonchev–Trinajstić information content (AvgIpc) is 2.52. The summed E-state index contributed by atoms with van der Waals surface area (Å²) in [5, 5.41) is 9.58. The number of rotatable bonds is 7. The lowest BCUT2D eigenvalue weighted by molar-refractivity contribution is -0.130. The smallest absolute Gasteiger partial charge is 0.336 e. The van der Waals surface area contributed by atoms with E-state index in [0.717, 1.165) is 5.56 Å². The van der Waals surface area contributed by atoms with Crippen molar-refractivity contribution in [2.24, 2.45) is 0 Å². The van der Waals surface area contributed by atoms with Crippen LogP contribution in [-0.4, -0.2) is 23.8 Å². The van der Waals surface area contributed by atoms with Crippen molar-refractivity contribution in [1.82, 2.24) is 0 Å². The van der Waals surface area contributed by atoms with Gasteiger partial charge in [0.2, 0.25) is 0 Å². The average molecular weight is 326 g/mol. The molecule has 126 valence electrons. The van der Waals surface area contributed by atoms with Crippen molar-refractivity contribution in [2.45, 2.75) is 26.9 Å². The van der Waals surface area contributed by atoms with Crippen LogP contribution in [0.4, 0.5) is 0 Å². The highest BCUT2D eigenvalue weighted by Gasteiger charge is 2.12. The van der Waals surface area contributed by atoms with Crippen molar-refractivity contribution in [3.63, 3.8) is 0 Å². The van der Waals surface area contributed by atoms with Crippen LogP contribution in [0.5, 0.6) is 11.5 Å². The van der Waals surface area contributed by atoms with Gasteiger partial charge in [0.1, 0.15) is 11.5 Å². The number of hydrogen-bond donors (Lipinski definition) is 1. The summed E-state index contributed by atoms with van der Waals surface area (Å²) >= 11 is 0. The molecule has 4 heteroatoms. The zero-order chi connectivity index (χ0) is 17.5. The second-order valence-corrected chi connectivity index (χ2v) is 5.56. The second kappa shape index (κ2) is 8.20. The fourth-order valence-electron chi connectivity index (χ4n) is 2.31. The zero-order valence-corrected chi connectivity index (χ0v) is 14.2. The first-order valence-corrected chi connectivity index (χ1v) is 7.94. The highest BCUT2D eigenvalue weighted by molar-refractivity contribution is 6.20. The summed E-state index contributed by atoms with van der Waals surface area (Å²) in [4.78, 5) is 11.7. The van der Waals surface area contributed by atoms with Gasteiger partial charge in [0, 0.05) is 0 Å². The zero-order valence-electron chi connectivity index (χ0n) is 14.2. The molecule has 0 bridgehead atoms. The van der Waals surface area contributed by atoms with E-state index in [9.17, 15) is 9.90 Å². The standard InChI is InChI=1S/C20H22O4/c1-4-23-17-9-6-8-16(13-17)19(20(21)22)12-15-7-5-10-18(11-15)24-14(2)3/h5-14H,4H2,1-3H3,(H,21,22)/b19-12-. The molecule has 24 heavy (non-hydrogen) atoms. The number of carbonyl (C=O) groups is 1. The van der Waals surface area contributed by atoms with Crippen LogP contribution in [0.15, 0.2) is 48.5 Å². The van der Waals surface area contributed by atoms with Gasteiger partial charge in [0.15, 0.2) is 0 Å². The Morgan fingerprint density at radius 1 is 1.12 bits per heavy atom. The Morgan fingerprint density at radius 3 is 2.50 bits per heavy atom. The van der Waals surface area contributed by atoms with E-state index in [1.807, 2.05) is 51.1 Å². The van der Waals surface area contributed by atoms with Crippen LogP contribution in [0.3, 0.4) is 0 Å². The van der Waals surface area contributed by atoms with Crippen molar-refractivity contribution in [3.05, 3.63) is 59.7 Å². The lowest BCUT2D eigenvalue weighted by atomic mass is 10.0. The third kappa shape index (κ3) is 4.88. The molecule has 0 radical (unpaired) electrons. The summed E-state index contributed by atoms with van der Waals surface area (Å²) in [6.07, 6.45) is 1.70. The maximum Gasteiger partial charge on any atom is 0.336 e. The Morgan fingerprint density at radius 2 is 1.83 bits per heavy atom. The van der Waals surface area contributed by atoms with Gasteiger partial charge >= 0.3 is 5.97 Å². The molecule has 0 spiro atoms. The monoisotopic (exact) mass is 326 g/mol. The predicted octanol–water partition coefficient (Wildman–Crippen LogP) is 4.50. The van der Waals surface area contributed by atoms with Crippen LogP contribution in [0.25, 0.3) is 11.6 Å². The molecule has 0 amide bonds. The Bertz CT molecular complexity index is 732. The largest absolute Gasteiger partial charge is 0.494 e. The van der Waals surface area contributed by atoms with Gasteiger partial charge in [-0.1, -0.05) is 24.3 Å². The van der Waals surface area contributed by atoms with E-state index in [2.05, 4.69) is 0 Å². The van der Waals surface area contributed by atoms with E-state index in [4.69, 9.17) is 9.47 Å². The van der Waals surface area contributed by atoms with Gasteiger partial charge in [-0.25, -0.2) is 4.79 Å². The molecule has 0 heterocycles. The Kier molecular flexibility index (Phi) is 6.01. The third-order valence-electron chi connectivity index (χ3n) is 3.23. The first kappa shape index (κ1) is 17.6. The summed E-state index contributed by atoms with van der Waals surface area (Å²) in [7, 11) is 0. The molecule has 0 unspecified atom stereocenters. The topological polar surface area (TPSA) is 55.8 Å². The van der Waals surface area contributed by atoms with E-state index < -0.39 is 5.97 Å².